The van der Waals surface area contributed by atoms with Gasteiger partial charge in [0.15, 0.2) is 0 Å². The van der Waals surface area contributed by atoms with Gasteiger partial charge in [-0.15, -0.1) is 11.3 Å². The van der Waals surface area contributed by atoms with Crippen LogP contribution in [-0.4, -0.2) is 11.5 Å². The Bertz CT molecular complexity index is 223. The Morgan fingerprint density at radius 1 is 1.33 bits per heavy atom. The van der Waals surface area contributed by atoms with Gasteiger partial charge in [-0.2, -0.15) is 0 Å². The molecule has 0 unspecified atom stereocenters. The number of nitrogens with zero attached hydrogens (tertiary/aromatic N) is 1. The highest BCUT2D eigenvalue weighted by atomic mass is 32.1. The van der Waals surface area contributed by atoms with E-state index in [4.69, 9.17) is 5.73 Å². The molecule has 68 valence electrons. The zero-order valence-corrected chi connectivity index (χ0v) is 8.58. The van der Waals surface area contributed by atoms with Gasteiger partial charge < -0.3 is 5.73 Å². The van der Waals surface area contributed by atoms with E-state index in [2.05, 4.69) is 18.8 Å². The molecule has 0 radical (unpaired) electrons. The third kappa shape index (κ3) is 2.57. The molecule has 1 heterocycles. The lowest BCUT2D eigenvalue weighted by atomic mass is 10.2. The lowest BCUT2D eigenvalue weighted by Crippen LogP contribution is -1.98. The topological polar surface area (TPSA) is 38.9 Å². The Hall–Kier alpha value is -0.410. The quantitative estimate of drug-likeness (QED) is 0.727. The van der Waals surface area contributed by atoms with Gasteiger partial charge in [-0.1, -0.05) is 0 Å². The highest BCUT2D eigenvalue weighted by Crippen LogP contribution is 2.17. The van der Waals surface area contributed by atoms with Crippen LogP contribution in [0.1, 0.15) is 28.4 Å². The second kappa shape index (κ2) is 4.58. The van der Waals surface area contributed by atoms with Crippen LogP contribution in [0.25, 0.3) is 0 Å². The predicted molar refractivity (Wildman–Crippen MR) is 53.6 cm³/mol. The Morgan fingerprint density at radius 3 is 2.58 bits per heavy atom. The molecule has 0 atom stereocenters. The number of hydrogen-bond donors (Lipinski definition) is 1. The molecule has 2 N–H and O–H groups in total. The largest absolute Gasteiger partial charge is 0.330 e. The molecule has 0 saturated heterocycles. The summed E-state index contributed by atoms with van der Waals surface area (Å²) in [5.74, 6) is 0. The number of thiazole rings is 1. The van der Waals surface area contributed by atoms with Gasteiger partial charge in [0.1, 0.15) is 0 Å². The number of hydrogen-bond acceptors (Lipinski definition) is 3. The highest BCUT2D eigenvalue weighted by Gasteiger charge is 2.01. The molecule has 0 bridgehead atoms. The van der Waals surface area contributed by atoms with Gasteiger partial charge in [0.25, 0.3) is 0 Å². The SMILES string of the molecule is Cc1nc(CCCCN)sc1C. The molecular weight excluding hydrogens is 168 g/mol. The molecule has 3 heteroatoms. The van der Waals surface area contributed by atoms with E-state index in [1.54, 1.807) is 0 Å². The third-order valence-electron chi connectivity index (χ3n) is 1.92. The van der Waals surface area contributed by atoms with Crippen LogP contribution < -0.4 is 5.73 Å². The number of aromatic nitrogens is 1. The van der Waals surface area contributed by atoms with Crippen molar-refractivity contribution in [3.8, 4) is 0 Å². The van der Waals surface area contributed by atoms with Crippen molar-refractivity contribution in [3.05, 3.63) is 15.6 Å². The minimum absolute atomic E-state index is 0.795. The Morgan fingerprint density at radius 2 is 2.08 bits per heavy atom. The van der Waals surface area contributed by atoms with Crippen LogP contribution >= 0.6 is 11.3 Å². The molecule has 0 fully saturated rings. The molecule has 0 aliphatic heterocycles. The number of rotatable bonds is 4. The van der Waals surface area contributed by atoms with Gasteiger partial charge in [-0.3, -0.25) is 0 Å². The Kier molecular flexibility index (Phi) is 3.69. The minimum atomic E-state index is 0.795. The number of nitrogens with two attached hydrogens (primary N) is 1. The third-order valence-corrected chi connectivity index (χ3v) is 3.05. The van der Waals surface area contributed by atoms with Crippen molar-refractivity contribution in [1.82, 2.24) is 4.98 Å². The summed E-state index contributed by atoms with van der Waals surface area (Å²) in [5, 5.41) is 1.26. The zero-order valence-electron chi connectivity index (χ0n) is 7.76. The van der Waals surface area contributed by atoms with E-state index >= 15 is 0 Å². The maximum atomic E-state index is 5.41. The summed E-state index contributed by atoms with van der Waals surface area (Å²) in [4.78, 5) is 5.80. The van der Waals surface area contributed by atoms with Gasteiger partial charge >= 0.3 is 0 Å². The lowest BCUT2D eigenvalue weighted by molar-refractivity contribution is 0.740. The minimum Gasteiger partial charge on any atom is -0.330 e. The van der Waals surface area contributed by atoms with E-state index in [1.165, 1.54) is 22.0 Å². The second-order valence-electron chi connectivity index (χ2n) is 2.99. The first-order valence-corrected chi connectivity index (χ1v) is 5.18. The van der Waals surface area contributed by atoms with Gasteiger partial charge in [0.2, 0.25) is 0 Å². The molecule has 0 aliphatic carbocycles. The first-order valence-electron chi connectivity index (χ1n) is 4.37. The van der Waals surface area contributed by atoms with Crippen molar-refractivity contribution < 1.29 is 0 Å². The van der Waals surface area contributed by atoms with E-state index in [9.17, 15) is 0 Å². The molecule has 0 amide bonds. The summed E-state index contributed by atoms with van der Waals surface area (Å²) in [6, 6.07) is 0. The van der Waals surface area contributed by atoms with Crippen LogP contribution in [0.15, 0.2) is 0 Å². The van der Waals surface area contributed by atoms with Crippen LogP contribution in [0, 0.1) is 13.8 Å². The summed E-state index contributed by atoms with van der Waals surface area (Å²) in [6.07, 6.45) is 3.37. The molecule has 1 rings (SSSR count). The fourth-order valence-electron chi connectivity index (χ4n) is 1.07. The van der Waals surface area contributed by atoms with Crippen molar-refractivity contribution in [2.75, 3.05) is 6.54 Å². The van der Waals surface area contributed by atoms with Crippen LogP contribution in [0.2, 0.25) is 0 Å². The molecule has 2 nitrogen and oxygen atoms in total. The smallest absolute Gasteiger partial charge is 0.0930 e. The van der Waals surface area contributed by atoms with Gasteiger partial charge in [0, 0.05) is 4.88 Å². The Balaban J connectivity index is 2.42. The van der Waals surface area contributed by atoms with E-state index in [0.29, 0.717) is 0 Å². The molecule has 1 aromatic rings. The second-order valence-corrected chi connectivity index (χ2v) is 4.28. The first kappa shape index (κ1) is 9.68. The van der Waals surface area contributed by atoms with Gasteiger partial charge in [0.05, 0.1) is 10.7 Å². The van der Waals surface area contributed by atoms with E-state index in [1.807, 2.05) is 11.3 Å². The molecule has 0 aromatic carbocycles. The summed E-state index contributed by atoms with van der Waals surface area (Å²) < 4.78 is 0. The number of unbranched alkanes of at least 4 members (excludes halogenated alkanes) is 1. The van der Waals surface area contributed by atoms with Gasteiger partial charge in [-0.05, 0) is 39.7 Å². The first-order chi connectivity index (χ1) is 5.74. The van der Waals surface area contributed by atoms with Crippen LogP contribution in [-0.2, 0) is 6.42 Å². The van der Waals surface area contributed by atoms with E-state index in [-0.39, 0.29) is 0 Å². The number of aryl methyl sites for hydroxylation is 3. The molecule has 12 heavy (non-hydrogen) atoms. The monoisotopic (exact) mass is 184 g/mol. The van der Waals surface area contributed by atoms with Crippen LogP contribution in [0.4, 0.5) is 0 Å². The van der Waals surface area contributed by atoms with Gasteiger partial charge in [-0.25, -0.2) is 4.98 Å². The Labute approximate surface area is 77.8 Å². The molecular formula is C9H16N2S. The summed E-state index contributed by atoms with van der Waals surface area (Å²) in [6.45, 7) is 4.99. The average molecular weight is 184 g/mol. The van der Waals surface area contributed by atoms with Crippen LogP contribution in [0.5, 0.6) is 0 Å². The van der Waals surface area contributed by atoms with Crippen molar-refractivity contribution in [3.63, 3.8) is 0 Å². The maximum Gasteiger partial charge on any atom is 0.0930 e. The standard InChI is InChI=1S/C9H16N2S/c1-7-8(2)12-9(11-7)5-3-4-6-10/h3-6,10H2,1-2H3. The molecule has 0 aliphatic rings. The van der Waals surface area contributed by atoms with E-state index in [0.717, 1.165) is 19.4 Å². The highest BCUT2D eigenvalue weighted by molar-refractivity contribution is 7.11. The summed E-state index contributed by atoms with van der Waals surface area (Å²) in [5.41, 5.74) is 6.59. The fraction of sp³-hybridized carbons (Fsp3) is 0.667. The average Bonchev–Trinajstić information content (AvgIpc) is 2.32. The van der Waals surface area contributed by atoms with Crippen molar-refractivity contribution in [2.24, 2.45) is 5.73 Å². The van der Waals surface area contributed by atoms with Crippen molar-refractivity contribution >= 4 is 11.3 Å². The fourth-order valence-corrected chi connectivity index (χ4v) is 2.04. The van der Waals surface area contributed by atoms with Crippen molar-refractivity contribution in [2.45, 2.75) is 33.1 Å². The van der Waals surface area contributed by atoms with E-state index < -0.39 is 0 Å². The predicted octanol–water partition coefficient (Wildman–Crippen LogP) is 2.04. The van der Waals surface area contributed by atoms with Crippen LogP contribution in [0.3, 0.4) is 0 Å². The maximum absolute atomic E-state index is 5.41. The molecule has 0 spiro atoms. The zero-order chi connectivity index (χ0) is 8.97. The lowest BCUT2D eigenvalue weighted by Gasteiger charge is -1.93. The normalized spacial score (nSPS) is 10.6. The molecule has 0 saturated carbocycles. The molecule has 1 aromatic heterocycles. The summed E-state index contributed by atoms with van der Waals surface area (Å²) in [7, 11) is 0. The summed E-state index contributed by atoms with van der Waals surface area (Å²) >= 11 is 1.81. The van der Waals surface area contributed by atoms with Crippen molar-refractivity contribution in [1.29, 1.82) is 0 Å².